The Hall–Kier alpha value is -0.130. The van der Waals surface area contributed by atoms with Gasteiger partial charge in [0.15, 0.2) is 0 Å². The minimum atomic E-state index is -0.426. The van der Waals surface area contributed by atoms with Gasteiger partial charge in [-0.1, -0.05) is 24.4 Å². The summed E-state index contributed by atoms with van der Waals surface area (Å²) in [5, 5.41) is 10.8. The number of nitrogens with zero attached hydrogens (tertiary/aromatic N) is 1. The van der Waals surface area contributed by atoms with Gasteiger partial charge in [0, 0.05) is 29.9 Å². The van der Waals surface area contributed by atoms with Crippen LogP contribution in [0.1, 0.15) is 49.9 Å². The monoisotopic (exact) mass is 328 g/mol. The van der Waals surface area contributed by atoms with Gasteiger partial charge in [-0.3, -0.25) is 4.90 Å². The highest BCUT2D eigenvalue weighted by Gasteiger charge is 2.44. The van der Waals surface area contributed by atoms with E-state index < -0.39 is 5.60 Å². The molecule has 2 aliphatic rings. The van der Waals surface area contributed by atoms with E-state index >= 15 is 0 Å². The zero-order valence-corrected chi connectivity index (χ0v) is 14.2. The normalized spacial score (nSPS) is 33.4. The fraction of sp³-hybridized carbons (Fsp3) is 0.750. The second-order valence-electron chi connectivity index (χ2n) is 6.74. The van der Waals surface area contributed by atoms with E-state index in [1.165, 1.54) is 17.7 Å². The van der Waals surface area contributed by atoms with E-state index in [-0.39, 0.29) is 12.1 Å². The molecular weight excluding hydrogens is 304 g/mol. The van der Waals surface area contributed by atoms with Crippen LogP contribution in [0.25, 0.3) is 0 Å². The standard InChI is InChI=1S/C16H25ClN2OS/c1-11(18)15(13-5-6-14(17)21-13)19-9-8-16(20)7-3-2-4-12(16)10-19/h5-6,11-12,15,20H,2-4,7-10,18H2,1H3. The third kappa shape index (κ3) is 3.15. The van der Waals surface area contributed by atoms with Crippen molar-refractivity contribution in [3.63, 3.8) is 0 Å². The fourth-order valence-corrected chi connectivity index (χ4v) is 5.42. The van der Waals surface area contributed by atoms with E-state index in [0.717, 1.165) is 36.7 Å². The predicted molar refractivity (Wildman–Crippen MR) is 88.8 cm³/mol. The Morgan fingerprint density at radius 1 is 1.43 bits per heavy atom. The molecule has 0 spiro atoms. The lowest BCUT2D eigenvalue weighted by atomic mass is 9.71. The molecule has 1 saturated carbocycles. The van der Waals surface area contributed by atoms with E-state index in [9.17, 15) is 5.11 Å². The smallest absolute Gasteiger partial charge is 0.0931 e. The number of likely N-dealkylation sites (tertiary alicyclic amines) is 1. The fourth-order valence-electron chi connectivity index (χ4n) is 4.11. The van der Waals surface area contributed by atoms with Crippen LogP contribution in [0.5, 0.6) is 0 Å². The van der Waals surface area contributed by atoms with Crippen LogP contribution in [-0.4, -0.2) is 34.7 Å². The summed E-state index contributed by atoms with van der Waals surface area (Å²) in [4.78, 5) is 3.72. The number of halogens is 1. The summed E-state index contributed by atoms with van der Waals surface area (Å²) in [5.74, 6) is 0.400. The van der Waals surface area contributed by atoms with E-state index in [2.05, 4.69) is 17.9 Å². The van der Waals surface area contributed by atoms with E-state index in [1.807, 2.05) is 6.07 Å². The Morgan fingerprint density at radius 3 is 2.90 bits per heavy atom. The number of hydrogen-bond donors (Lipinski definition) is 2. The quantitative estimate of drug-likeness (QED) is 0.894. The minimum Gasteiger partial charge on any atom is -0.390 e. The van der Waals surface area contributed by atoms with Crippen molar-refractivity contribution in [1.82, 2.24) is 4.90 Å². The molecule has 4 unspecified atom stereocenters. The first-order chi connectivity index (χ1) is 9.99. The molecule has 1 aliphatic heterocycles. The van der Waals surface area contributed by atoms with Gasteiger partial charge in [0.05, 0.1) is 16.0 Å². The lowest BCUT2D eigenvalue weighted by Gasteiger charge is -2.49. The van der Waals surface area contributed by atoms with Crippen LogP contribution < -0.4 is 5.73 Å². The van der Waals surface area contributed by atoms with E-state index in [1.54, 1.807) is 11.3 Å². The Balaban J connectivity index is 1.78. The van der Waals surface area contributed by atoms with Crippen molar-refractivity contribution in [3.8, 4) is 0 Å². The first-order valence-corrected chi connectivity index (χ1v) is 9.16. The summed E-state index contributed by atoms with van der Waals surface area (Å²) in [7, 11) is 0. The van der Waals surface area contributed by atoms with Crippen molar-refractivity contribution in [2.45, 2.75) is 56.7 Å². The van der Waals surface area contributed by atoms with Gasteiger partial charge in [0.25, 0.3) is 0 Å². The maximum Gasteiger partial charge on any atom is 0.0931 e. The molecule has 4 atom stereocenters. The zero-order chi connectivity index (χ0) is 15.0. The maximum atomic E-state index is 10.8. The number of fused-ring (bicyclic) bond motifs is 1. The molecular formula is C16H25ClN2OS. The molecule has 1 aliphatic carbocycles. The van der Waals surface area contributed by atoms with E-state index in [4.69, 9.17) is 17.3 Å². The second-order valence-corrected chi connectivity index (χ2v) is 8.48. The van der Waals surface area contributed by atoms with E-state index in [0.29, 0.717) is 5.92 Å². The summed E-state index contributed by atoms with van der Waals surface area (Å²) >= 11 is 7.73. The van der Waals surface area contributed by atoms with Crippen LogP contribution in [0.2, 0.25) is 4.34 Å². The molecule has 3 rings (SSSR count). The largest absolute Gasteiger partial charge is 0.390 e. The first kappa shape index (κ1) is 15.8. The van der Waals surface area contributed by atoms with Crippen molar-refractivity contribution in [2.24, 2.45) is 11.7 Å². The lowest BCUT2D eigenvalue weighted by Crippen LogP contribution is -2.55. The van der Waals surface area contributed by atoms with Gasteiger partial charge >= 0.3 is 0 Å². The minimum absolute atomic E-state index is 0.0644. The Kier molecular flexibility index (Phi) is 4.63. The number of rotatable bonds is 3. The molecule has 0 bridgehead atoms. The van der Waals surface area contributed by atoms with Crippen molar-refractivity contribution in [3.05, 3.63) is 21.3 Å². The molecule has 118 valence electrons. The molecule has 21 heavy (non-hydrogen) atoms. The molecule has 1 aromatic heterocycles. The molecule has 2 fully saturated rings. The molecule has 1 saturated heterocycles. The molecule has 1 aromatic rings. The molecule has 0 radical (unpaired) electrons. The van der Waals surface area contributed by atoms with Crippen molar-refractivity contribution in [2.75, 3.05) is 13.1 Å². The summed E-state index contributed by atoms with van der Waals surface area (Å²) in [6.45, 7) is 3.95. The van der Waals surface area contributed by atoms with Crippen LogP contribution >= 0.6 is 22.9 Å². The topological polar surface area (TPSA) is 49.5 Å². The highest BCUT2D eigenvalue weighted by molar-refractivity contribution is 7.16. The summed E-state index contributed by atoms with van der Waals surface area (Å²) in [5.41, 5.74) is 5.84. The Bertz CT molecular complexity index is 492. The summed E-state index contributed by atoms with van der Waals surface area (Å²) < 4.78 is 0.821. The highest BCUT2D eigenvalue weighted by atomic mass is 35.5. The summed E-state index contributed by atoms with van der Waals surface area (Å²) in [6.07, 6.45) is 5.40. The maximum absolute atomic E-state index is 10.8. The molecule has 0 amide bonds. The SMILES string of the molecule is CC(N)C(c1ccc(Cl)s1)N1CCC2(O)CCCCC2C1. The third-order valence-electron chi connectivity index (χ3n) is 5.24. The Labute approximate surface area is 136 Å². The van der Waals surface area contributed by atoms with Gasteiger partial charge in [0.2, 0.25) is 0 Å². The first-order valence-electron chi connectivity index (χ1n) is 7.97. The highest BCUT2D eigenvalue weighted by Crippen LogP contribution is 2.43. The van der Waals surface area contributed by atoms with Crippen LogP contribution in [0.3, 0.4) is 0 Å². The van der Waals surface area contributed by atoms with Gasteiger partial charge in [-0.2, -0.15) is 0 Å². The van der Waals surface area contributed by atoms with Crippen LogP contribution in [0, 0.1) is 5.92 Å². The number of nitrogens with two attached hydrogens (primary N) is 1. The predicted octanol–water partition coefficient (Wildman–Crippen LogP) is 3.42. The molecule has 2 heterocycles. The van der Waals surface area contributed by atoms with Gasteiger partial charge in [0.1, 0.15) is 0 Å². The average molecular weight is 329 g/mol. The van der Waals surface area contributed by atoms with Gasteiger partial charge in [-0.25, -0.2) is 0 Å². The molecule has 0 aromatic carbocycles. The summed E-state index contributed by atoms with van der Waals surface area (Å²) in [6, 6.07) is 4.34. The van der Waals surface area contributed by atoms with Crippen LogP contribution in [0.4, 0.5) is 0 Å². The van der Waals surface area contributed by atoms with Gasteiger partial charge in [-0.15, -0.1) is 11.3 Å². The lowest BCUT2D eigenvalue weighted by molar-refractivity contribution is -0.104. The molecule has 5 heteroatoms. The van der Waals surface area contributed by atoms with Crippen LogP contribution in [-0.2, 0) is 0 Å². The third-order valence-corrected chi connectivity index (χ3v) is 6.54. The molecule has 3 nitrogen and oxygen atoms in total. The number of thiophene rings is 1. The van der Waals surface area contributed by atoms with Crippen molar-refractivity contribution < 1.29 is 5.11 Å². The zero-order valence-electron chi connectivity index (χ0n) is 12.6. The van der Waals surface area contributed by atoms with Crippen molar-refractivity contribution >= 4 is 22.9 Å². The second kappa shape index (κ2) is 6.17. The number of hydrogen-bond acceptors (Lipinski definition) is 4. The average Bonchev–Trinajstić information content (AvgIpc) is 2.85. The number of piperidine rings is 1. The van der Waals surface area contributed by atoms with Crippen LogP contribution in [0.15, 0.2) is 12.1 Å². The van der Waals surface area contributed by atoms with Crippen molar-refractivity contribution in [1.29, 1.82) is 0 Å². The van der Waals surface area contributed by atoms with Gasteiger partial charge < -0.3 is 10.8 Å². The molecule has 3 N–H and O–H groups in total. The van der Waals surface area contributed by atoms with Gasteiger partial charge in [-0.05, 0) is 38.3 Å². The number of aliphatic hydroxyl groups is 1. The Morgan fingerprint density at radius 2 is 2.24 bits per heavy atom.